The van der Waals surface area contributed by atoms with Gasteiger partial charge in [0.1, 0.15) is 35.4 Å². The van der Waals surface area contributed by atoms with Crippen molar-refractivity contribution in [3.63, 3.8) is 0 Å². The van der Waals surface area contributed by atoms with E-state index in [1.807, 2.05) is 46.9 Å². The van der Waals surface area contributed by atoms with Gasteiger partial charge in [-0.1, -0.05) is 46.9 Å². The number of benzene rings is 1. The molecule has 0 bridgehead atoms. The van der Waals surface area contributed by atoms with Gasteiger partial charge in [0.2, 0.25) is 0 Å². The van der Waals surface area contributed by atoms with Crippen LogP contribution in [-0.2, 0) is 0 Å². The minimum absolute atomic E-state index is 0.0319. The molecule has 2 rings (SSSR count). The zero-order valence-corrected chi connectivity index (χ0v) is 12.7. The van der Waals surface area contributed by atoms with Crippen molar-refractivity contribution in [2.45, 2.75) is 0 Å². The van der Waals surface area contributed by atoms with Crippen LogP contribution in [0.2, 0.25) is 0 Å². The molecule has 0 fully saturated rings. The summed E-state index contributed by atoms with van der Waals surface area (Å²) < 4.78 is 1.69. The molecule has 1 aromatic rings. The molecule has 0 saturated carbocycles. The van der Waals surface area contributed by atoms with Crippen molar-refractivity contribution < 1.29 is 0 Å². The van der Waals surface area contributed by atoms with E-state index in [0.717, 1.165) is 0 Å². The first-order chi connectivity index (χ1) is 10.2. The van der Waals surface area contributed by atoms with Gasteiger partial charge in [-0.25, -0.2) is 0 Å². The Balaban J connectivity index is 3.03. The average Bonchev–Trinajstić information content (AvgIpc) is 2.85. The molecule has 0 unspecified atom stereocenters. The molecule has 0 spiro atoms. The van der Waals surface area contributed by atoms with Crippen molar-refractivity contribution in [3.05, 3.63) is 56.2 Å². The Kier molecular flexibility index (Phi) is 4.19. The summed E-state index contributed by atoms with van der Waals surface area (Å²) in [4.78, 5) is 0. The molecule has 0 amide bonds. The molecule has 5 heteroatoms. The highest BCUT2D eigenvalue weighted by Crippen LogP contribution is 2.48. The van der Waals surface area contributed by atoms with Gasteiger partial charge < -0.3 is 0 Å². The number of nitriles is 4. The average molecular weight is 380 g/mol. The maximum Gasteiger partial charge on any atom is 0.138 e. The fraction of sp³-hybridized carbons (Fsp3) is 0. The molecule has 0 radical (unpaired) electrons. The third kappa shape index (κ3) is 2.21. The lowest BCUT2D eigenvalue weighted by molar-refractivity contribution is 1.46. The van der Waals surface area contributed by atoms with Crippen LogP contribution in [0.25, 0.3) is 11.1 Å². The monoisotopic (exact) mass is 380 g/mol. The minimum atomic E-state index is -0.0319. The number of allylic oxidation sites excluding steroid dienone is 5. The van der Waals surface area contributed by atoms with Gasteiger partial charge in [0.05, 0.1) is 0 Å². The van der Waals surface area contributed by atoms with E-state index < -0.39 is 0 Å². The van der Waals surface area contributed by atoms with E-state index in [2.05, 4.69) is 0 Å². The van der Waals surface area contributed by atoms with Crippen LogP contribution < -0.4 is 0 Å². The summed E-state index contributed by atoms with van der Waals surface area (Å²) >= 11 is 1.98. The van der Waals surface area contributed by atoms with Gasteiger partial charge in [-0.2, -0.15) is 21.0 Å². The second-order valence-electron chi connectivity index (χ2n) is 4.02. The van der Waals surface area contributed by atoms with Crippen LogP contribution in [0.3, 0.4) is 0 Å². The molecule has 0 N–H and O–H groups in total. The topological polar surface area (TPSA) is 95.2 Å². The van der Waals surface area contributed by atoms with Crippen molar-refractivity contribution in [2.24, 2.45) is 0 Å². The summed E-state index contributed by atoms with van der Waals surface area (Å²) in [6, 6.07) is 14.7. The zero-order chi connectivity index (χ0) is 15.4. The van der Waals surface area contributed by atoms with E-state index in [-0.39, 0.29) is 11.1 Å². The number of rotatable bonds is 0. The maximum atomic E-state index is 9.16. The summed E-state index contributed by atoms with van der Waals surface area (Å²) in [6.45, 7) is 0. The molecular formula is C16H5IN4. The highest BCUT2D eigenvalue weighted by molar-refractivity contribution is 14.1. The fourth-order valence-electron chi connectivity index (χ4n) is 2.26. The smallest absolute Gasteiger partial charge is 0.138 e. The van der Waals surface area contributed by atoms with E-state index >= 15 is 0 Å². The summed E-state index contributed by atoms with van der Waals surface area (Å²) in [5.41, 5.74) is 2.83. The van der Waals surface area contributed by atoms with Crippen LogP contribution in [0.1, 0.15) is 11.1 Å². The first-order valence-electron chi connectivity index (χ1n) is 5.73. The lowest BCUT2D eigenvalue weighted by Crippen LogP contribution is -1.88. The largest absolute Gasteiger partial charge is 0.192 e. The van der Waals surface area contributed by atoms with Gasteiger partial charge in [0.25, 0.3) is 0 Å². The number of hydrogen-bond donors (Lipinski definition) is 0. The van der Waals surface area contributed by atoms with E-state index in [1.54, 1.807) is 28.3 Å². The second kappa shape index (κ2) is 6.06. The third-order valence-corrected chi connectivity index (χ3v) is 3.68. The van der Waals surface area contributed by atoms with Gasteiger partial charge in [-0.3, -0.25) is 0 Å². The molecular weight excluding hydrogens is 375 g/mol. The van der Waals surface area contributed by atoms with Crippen LogP contribution >= 0.6 is 22.6 Å². The molecule has 1 aliphatic rings. The van der Waals surface area contributed by atoms with Gasteiger partial charge in [-0.05, 0) is 15.2 Å². The molecule has 96 valence electrons. The van der Waals surface area contributed by atoms with Gasteiger partial charge in [0, 0.05) is 16.7 Å². The van der Waals surface area contributed by atoms with E-state index in [0.29, 0.717) is 27.8 Å². The standard InChI is InChI=1S/C16H5IN4/c17-5-14-15(10(6-18)7-19)12-3-1-2-4-13(12)16(14)11(8-20)9-21/h1-5H. The number of halogens is 1. The Morgan fingerprint density at radius 2 is 1.19 bits per heavy atom. The Bertz CT molecular complexity index is 787. The molecule has 0 aliphatic heterocycles. The van der Waals surface area contributed by atoms with Crippen molar-refractivity contribution in [1.29, 1.82) is 21.0 Å². The maximum absolute atomic E-state index is 9.16. The van der Waals surface area contributed by atoms with E-state index in [4.69, 9.17) is 21.0 Å². The molecule has 0 heterocycles. The lowest BCUT2D eigenvalue weighted by Gasteiger charge is -2.02. The Morgan fingerprint density at radius 3 is 1.48 bits per heavy atom. The fourth-order valence-corrected chi connectivity index (χ4v) is 2.88. The van der Waals surface area contributed by atoms with Crippen LogP contribution in [0.15, 0.2) is 45.1 Å². The highest BCUT2D eigenvalue weighted by atomic mass is 127. The molecule has 1 aliphatic carbocycles. The Labute approximate surface area is 135 Å². The van der Waals surface area contributed by atoms with Crippen LogP contribution in [-0.4, -0.2) is 0 Å². The van der Waals surface area contributed by atoms with Crippen molar-refractivity contribution in [2.75, 3.05) is 0 Å². The van der Waals surface area contributed by atoms with Crippen molar-refractivity contribution in [1.82, 2.24) is 0 Å². The van der Waals surface area contributed by atoms with E-state index in [1.165, 1.54) is 0 Å². The first kappa shape index (κ1) is 14.5. The SMILES string of the molecule is N#CC(C#N)=C1C(=CI)C(=C(C#N)C#N)c2ccccc21. The number of hydrogen-bond acceptors (Lipinski definition) is 4. The molecule has 0 atom stereocenters. The quantitative estimate of drug-likeness (QED) is 0.507. The van der Waals surface area contributed by atoms with Crippen molar-refractivity contribution in [3.8, 4) is 24.3 Å². The molecule has 4 nitrogen and oxygen atoms in total. The van der Waals surface area contributed by atoms with Crippen LogP contribution in [0.5, 0.6) is 0 Å². The highest BCUT2D eigenvalue weighted by Gasteiger charge is 2.31. The summed E-state index contributed by atoms with van der Waals surface area (Å²) in [6.07, 6.45) is 0. The summed E-state index contributed by atoms with van der Waals surface area (Å²) in [5, 5.41) is 36.6. The number of nitrogens with zero attached hydrogens (tertiary/aromatic N) is 4. The van der Waals surface area contributed by atoms with E-state index in [9.17, 15) is 0 Å². The summed E-state index contributed by atoms with van der Waals surface area (Å²) in [7, 11) is 0. The third-order valence-electron chi connectivity index (χ3n) is 3.06. The number of fused-ring (bicyclic) bond motifs is 1. The zero-order valence-electron chi connectivity index (χ0n) is 10.6. The molecule has 1 aromatic carbocycles. The van der Waals surface area contributed by atoms with Gasteiger partial charge in [0.15, 0.2) is 0 Å². The minimum Gasteiger partial charge on any atom is -0.192 e. The lowest BCUT2D eigenvalue weighted by atomic mass is 9.98. The van der Waals surface area contributed by atoms with Crippen LogP contribution in [0, 0.1) is 45.3 Å². The molecule has 0 aromatic heterocycles. The van der Waals surface area contributed by atoms with Gasteiger partial charge in [-0.15, -0.1) is 0 Å². The first-order valence-corrected chi connectivity index (χ1v) is 6.97. The second-order valence-corrected chi connectivity index (χ2v) is 4.64. The molecule has 0 saturated heterocycles. The van der Waals surface area contributed by atoms with Crippen LogP contribution in [0.4, 0.5) is 0 Å². The summed E-state index contributed by atoms with van der Waals surface area (Å²) in [5.74, 6) is 0. The predicted molar refractivity (Wildman–Crippen MR) is 84.8 cm³/mol. The normalized spacial score (nSPS) is 11.6. The van der Waals surface area contributed by atoms with Gasteiger partial charge >= 0.3 is 0 Å². The molecule has 21 heavy (non-hydrogen) atoms. The predicted octanol–water partition coefficient (Wildman–Crippen LogP) is 3.62. The van der Waals surface area contributed by atoms with Crippen molar-refractivity contribution >= 4 is 33.7 Å². The Morgan fingerprint density at radius 1 is 0.810 bits per heavy atom. The Hall–Kier alpha value is -2.87.